The standard InChI is InChI=1S/H20Si9/c1-5-8(3)7-9(4)6-2/h8-9H,5-7H2,1-4H3. The molecule has 0 aromatic rings. The van der Waals surface area contributed by atoms with Gasteiger partial charge in [-0.2, -0.15) is 0 Å². The van der Waals surface area contributed by atoms with Gasteiger partial charge in [0.2, 0.25) is 0 Å². The highest BCUT2D eigenvalue weighted by Gasteiger charge is 2.07. The fraction of sp³-hybridized carbons (Fsp3) is 0. The van der Waals surface area contributed by atoms with Gasteiger partial charge in [0, 0.05) is 0 Å². The first kappa shape index (κ1) is 11.0. The van der Waals surface area contributed by atoms with E-state index in [4.69, 9.17) is 0 Å². The van der Waals surface area contributed by atoms with E-state index in [1.54, 1.807) is 39.0 Å². The maximum Gasteiger partial charge on any atom is -0.00748 e. The van der Waals surface area contributed by atoms with Crippen LogP contribution in [0.15, 0.2) is 0 Å². The maximum atomic E-state index is 1.78. The summed E-state index contributed by atoms with van der Waals surface area (Å²) in [6.45, 7) is 0. The minimum Gasteiger partial charge on any atom is -0.0119 e. The fourth-order valence-electron chi connectivity index (χ4n) is 1.02. The van der Waals surface area contributed by atoms with Crippen molar-refractivity contribution in [1.29, 1.82) is 0 Å². The van der Waals surface area contributed by atoms with Crippen molar-refractivity contribution < 1.29 is 0 Å². The topological polar surface area (TPSA) is 0 Å². The van der Waals surface area contributed by atoms with Crippen molar-refractivity contribution >= 4 is 79.4 Å². The van der Waals surface area contributed by atoms with Gasteiger partial charge >= 0.3 is 0 Å². The monoisotopic (exact) mass is 272 g/mol. The summed E-state index contributed by atoms with van der Waals surface area (Å²) in [6.07, 6.45) is 0. The SMILES string of the molecule is [SiH3][SiH2][SiH]([SiH3])[SiH2][SiH]([SiH3])[SiH2][SiH3]. The highest BCUT2D eigenvalue weighted by atomic mass is 30.2. The molecular weight excluding hydrogens is 253 g/mol. The Labute approximate surface area is 79.0 Å². The second-order valence-corrected chi connectivity index (χ2v) is 88.1. The summed E-state index contributed by atoms with van der Waals surface area (Å²) in [5.74, 6) is 0. The van der Waals surface area contributed by atoms with Gasteiger partial charge in [-0.25, -0.2) is 0 Å². The molecular formula is H20Si9. The van der Waals surface area contributed by atoms with E-state index < -0.39 is 0 Å². The van der Waals surface area contributed by atoms with Crippen molar-refractivity contribution in [2.75, 3.05) is 0 Å². The number of hydrogen-bond acceptors (Lipinski definition) is 0. The summed E-state index contributed by atoms with van der Waals surface area (Å²) in [6, 6.07) is 0. The summed E-state index contributed by atoms with van der Waals surface area (Å²) in [5, 5.41) is 0. The van der Waals surface area contributed by atoms with Crippen LogP contribution in [-0.2, 0) is 0 Å². The predicted octanol–water partition coefficient (Wildman–Crippen LogP) is -8.78. The predicted molar refractivity (Wildman–Crippen MR) is 79.7 cm³/mol. The zero-order valence-electron chi connectivity index (χ0n) is 7.28. The maximum absolute atomic E-state index is 1.78. The molecule has 0 aliphatic carbocycles. The van der Waals surface area contributed by atoms with Gasteiger partial charge in [0.1, 0.15) is 0 Å². The minimum atomic E-state index is 0.375. The Morgan fingerprint density at radius 3 is 1.44 bits per heavy atom. The third-order valence-electron chi connectivity index (χ3n) is 2.20. The van der Waals surface area contributed by atoms with Gasteiger partial charge in [0.25, 0.3) is 0 Å². The third kappa shape index (κ3) is 6.35. The van der Waals surface area contributed by atoms with Crippen molar-refractivity contribution in [3.63, 3.8) is 0 Å². The summed E-state index contributed by atoms with van der Waals surface area (Å²) in [7, 11) is 10.2. The third-order valence-corrected chi connectivity index (χ3v) is 178. The summed E-state index contributed by atoms with van der Waals surface area (Å²) in [4.78, 5) is 0. The molecule has 0 heterocycles. The zero-order chi connectivity index (χ0) is 7.28. The molecule has 9 heteroatoms. The molecule has 0 amide bonds. The van der Waals surface area contributed by atoms with Gasteiger partial charge in [-0.05, 0) is 79.4 Å². The van der Waals surface area contributed by atoms with Crippen molar-refractivity contribution in [1.82, 2.24) is 0 Å². The normalized spacial score (nSPS) is 22.7. The van der Waals surface area contributed by atoms with Crippen LogP contribution < -0.4 is 0 Å². The molecule has 56 valence electrons. The van der Waals surface area contributed by atoms with Crippen LogP contribution in [0.3, 0.4) is 0 Å². The molecule has 2 atom stereocenters. The minimum absolute atomic E-state index is 0.375. The Morgan fingerprint density at radius 1 is 0.889 bits per heavy atom. The van der Waals surface area contributed by atoms with Crippen molar-refractivity contribution in [3.05, 3.63) is 0 Å². The van der Waals surface area contributed by atoms with Gasteiger partial charge in [-0.1, -0.05) is 0 Å². The van der Waals surface area contributed by atoms with E-state index in [1.807, 2.05) is 0 Å². The van der Waals surface area contributed by atoms with Crippen LogP contribution in [0, 0.1) is 0 Å². The van der Waals surface area contributed by atoms with E-state index in [1.165, 1.54) is 0 Å². The highest BCUT2D eigenvalue weighted by molar-refractivity contribution is 7.83. The molecule has 0 fully saturated rings. The number of hydrogen-bond donors (Lipinski definition) is 0. The van der Waals surface area contributed by atoms with Crippen molar-refractivity contribution in [2.24, 2.45) is 0 Å². The van der Waals surface area contributed by atoms with Crippen LogP contribution in [0.4, 0.5) is 0 Å². The Kier molecular flexibility index (Phi) is 8.09. The van der Waals surface area contributed by atoms with Gasteiger partial charge in [-0.15, -0.1) is 0 Å². The molecule has 0 aromatic heterocycles. The second kappa shape index (κ2) is 6.65. The molecule has 0 rings (SSSR count). The second-order valence-electron chi connectivity index (χ2n) is 3.26. The van der Waals surface area contributed by atoms with Gasteiger partial charge in [-0.3, -0.25) is 0 Å². The van der Waals surface area contributed by atoms with Crippen LogP contribution in [-0.4, -0.2) is 79.4 Å². The molecule has 0 radical (unpaired) electrons. The van der Waals surface area contributed by atoms with Crippen LogP contribution in [0.5, 0.6) is 0 Å². The Morgan fingerprint density at radius 2 is 1.22 bits per heavy atom. The summed E-state index contributed by atoms with van der Waals surface area (Å²) >= 11 is 0. The molecule has 0 aliphatic heterocycles. The fourth-order valence-corrected chi connectivity index (χ4v) is 248. The van der Waals surface area contributed by atoms with E-state index in [0.717, 1.165) is 25.7 Å². The Bertz CT molecular complexity index is 49.1. The molecule has 0 saturated heterocycles. The zero-order valence-corrected chi connectivity index (χ0v) is 21.8. The lowest BCUT2D eigenvalue weighted by molar-refractivity contribution is 3.68. The van der Waals surface area contributed by atoms with E-state index in [0.29, 0.717) is 14.7 Å². The molecule has 2 unspecified atom stereocenters. The van der Waals surface area contributed by atoms with Crippen molar-refractivity contribution in [3.8, 4) is 0 Å². The first-order valence-electron chi connectivity index (χ1n) is 4.20. The Balaban J connectivity index is 3.22. The number of rotatable bonds is 4. The summed E-state index contributed by atoms with van der Waals surface area (Å²) < 4.78 is 0. The smallest absolute Gasteiger partial charge is 0.00748 e. The van der Waals surface area contributed by atoms with Crippen molar-refractivity contribution in [2.45, 2.75) is 0 Å². The quantitative estimate of drug-likeness (QED) is 0.446. The van der Waals surface area contributed by atoms with E-state index >= 15 is 0 Å². The highest BCUT2D eigenvalue weighted by Crippen LogP contribution is 1.70. The lowest BCUT2D eigenvalue weighted by Gasteiger charge is -2.08. The van der Waals surface area contributed by atoms with E-state index in [-0.39, 0.29) is 0 Å². The van der Waals surface area contributed by atoms with Crippen LogP contribution in [0.2, 0.25) is 0 Å². The van der Waals surface area contributed by atoms with Gasteiger partial charge in [0.05, 0.1) is 0 Å². The first-order valence-corrected chi connectivity index (χ1v) is 37.8. The lowest BCUT2D eigenvalue weighted by Crippen LogP contribution is -2.45. The van der Waals surface area contributed by atoms with Crippen LogP contribution >= 0.6 is 0 Å². The molecule has 0 N–H and O–H groups in total. The molecule has 0 bridgehead atoms. The van der Waals surface area contributed by atoms with Crippen LogP contribution in [0.25, 0.3) is 0 Å². The van der Waals surface area contributed by atoms with Gasteiger partial charge < -0.3 is 0 Å². The lowest BCUT2D eigenvalue weighted by atomic mass is 26.0. The first-order chi connectivity index (χ1) is 4.20. The molecule has 0 aromatic carbocycles. The van der Waals surface area contributed by atoms with Crippen LogP contribution in [0.1, 0.15) is 0 Å². The molecule has 0 aliphatic rings. The molecule has 9 heavy (non-hydrogen) atoms. The molecule has 0 saturated carbocycles. The van der Waals surface area contributed by atoms with E-state index in [2.05, 4.69) is 0 Å². The average molecular weight is 273 g/mol. The van der Waals surface area contributed by atoms with E-state index in [9.17, 15) is 0 Å². The summed E-state index contributed by atoms with van der Waals surface area (Å²) in [5.41, 5.74) is 0. The van der Waals surface area contributed by atoms with Gasteiger partial charge in [0.15, 0.2) is 0 Å². The average Bonchev–Trinajstić information content (AvgIpc) is 1.87. The Hall–Kier alpha value is 1.95. The molecule has 0 nitrogen and oxygen atoms in total. The molecule has 0 spiro atoms. The largest absolute Gasteiger partial charge is 0.0119 e.